The highest BCUT2D eigenvalue weighted by Gasteiger charge is 2.29. The van der Waals surface area contributed by atoms with Crippen LogP contribution in [0.5, 0.6) is 5.75 Å². The lowest BCUT2D eigenvalue weighted by Gasteiger charge is -2.25. The summed E-state index contributed by atoms with van der Waals surface area (Å²) in [7, 11) is 7.68. The van der Waals surface area contributed by atoms with Crippen LogP contribution in [0.2, 0.25) is 5.15 Å². The lowest BCUT2D eigenvalue weighted by molar-refractivity contribution is -0.145. The Kier molecular flexibility index (Phi) is 9.48. The first-order valence-corrected chi connectivity index (χ1v) is 13.9. The molecule has 1 aliphatic rings. The van der Waals surface area contributed by atoms with Gasteiger partial charge in [-0.15, -0.1) is 0 Å². The number of rotatable bonds is 7. The Morgan fingerprint density at radius 3 is 2.81 bits per heavy atom. The number of carbonyl (C=O) groups excluding carboxylic acids is 1. The van der Waals surface area contributed by atoms with Crippen molar-refractivity contribution in [3.8, 4) is 17.0 Å². The smallest absolute Gasteiger partial charge is 0.324 e. The number of halogens is 2. The molecule has 2 aromatic heterocycles. The van der Waals surface area contributed by atoms with Crippen molar-refractivity contribution in [2.45, 2.75) is 51.9 Å². The molecule has 2 unspecified atom stereocenters. The van der Waals surface area contributed by atoms with Crippen molar-refractivity contribution in [3.05, 3.63) is 63.7 Å². The van der Waals surface area contributed by atoms with Crippen molar-refractivity contribution >= 4 is 43.1 Å². The molecule has 3 aromatic rings. The number of nitrogens with two attached hydrogens (primary N) is 2. The summed E-state index contributed by atoms with van der Waals surface area (Å²) in [6.07, 6.45) is 2.49. The Morgan fingerprint density at radius 2 is 2.16 bits per heavy atom. The van der Waals surface area contributed by atoms with E-state index in [0.717, 1.165) is 0 Å². The minimum atomic E-state index is -1.94. The summed E-state index contributed by atoms with van der Waals surface area (Å²) in [4.78, 5) is 21.0. The molecule has 0 saturated carbocycles. The maximum Gasteiger partial charge on any atom is 0.324 e. The van der Waals surface area contributed by atoms with Gasteiger partial charge in [0.15, 0.2) is 23.5 Å². The Labute approximate surface area is 255 Å². The fourth-order valence-electron chi connectivity index (χ4n) is 4.64. The standard InChI is InChI=1S/C29H34BClFN7O4/c1-14(2)23(33)28(40)42-13-37-27-22-9-17(12-36-27)25-21(26(31)38-39(25)29(4,30)41)8-16(11-35-5)24(34)19-7-6-18(32)10-20(19)15(3)43-22/h6-7,9-12,14-15,23,41H,8,13,33-34H2,1-5H3,(H,36,37)/b24-16-,35-11?/t15-,23?,29?/m1/s1. The zero-order chi connectivity index (χ0) is 31.6. The van der Waals surface area contributed by atoms with Gasteiger partial charge in [0.05, 0.1) is 5.69 Å². The fraction of sp³-hybridized carbons (Fsp3) is 0.379. The van der Waals surface area contributed by atoms with Crippen molar-refractivity contribution in [2.75, 3.05) is 19.1 Å². The number of allylic oxidation sites excluding steroid dienone is 1. The van der Waals surface area contributed by atoms with E-state index in [9.17, 15) is 14.3 Å². The van der Waals surface area contributed by atoms with Gasteiger partial charge in [0, 0.05) is 53.8 Å². The lowest BCUT2D eigenvalue weighted by atomic mass is 9.91. The molecule has 0 fully saturated rings. The van der Waals surface area contributed by atoms with Gasteiger partial charge in [-0.25, -0.2) is 14.1 Å². The number of carbonyl (C=O) groups is 1. The molecule has 2 radical (unpaired) electrons. The molecule has 4 rings (SSSR count). The third-order valence-corrected chi connectivity index (χ3v) is 7.28. The first-order valence-electron chi connectivity index (χ1n) is 13.6. The van der Waals surface area contributed by atoms with E-state index in [0.29, 0.717) is 39.2 Å². The summed E-state index contributed by atoms with van der Waals surface area (Å²) in [5.41, 5.74) is 13.8. The number of fused-ring (bicyclic) bond motifs is 5. The van der Waals surface area contributed by atoms with Gasteiger partial charge in [-0.2, -0.15) is 5.10 Å². The summed E-state index contributed by atoms with van der Waals surface area (Å²) in [5, 5.41) is 18.1. The maximum atomic E-state index is 14.5. The molecular weight excluding hydrogens is 576 g/mol. The van der Waals surface area contributed by atoms with Crippen LogP contribution in [0, 0.1) is 11.7 Å². The molecule has 3 atom stereocenters. The quantitative estimate of drug-likeness (QED) is 0.136. The molecule has 0 saturated heterocycles. The third-order valence-electron chi connectivity index (χ3n) is 6.98. The average Bonchev–Trinajstić information content (AvgIpc) is 3.28. The van der Waals surface area contributed by atoms with Crippen LogP contribution >= 0.6 is 11.6 Å². The molecule has 43 heavy (non-hydrogen) atoms. The highest BCUT2D eigenvalue weighted by Crippen LogP contribution is 2.39. The van der Waals surface area contributed by atoms with Gasteiger partial charge in [-0.05, 0) is 49.6 Å². The van der Waals surface area contributed by atoms with E-state index in [4.69, 9.17) is 40.4 Å². The first-order chi connectivity index (χ1) is 20.2. The number of pyridine rings is 1. The van der Waals surface area contributed by atoms with Crippen molar-refractivity contribution in [2.24, 2.45) is 22.4 Å². The monoisotopic (exact) mass is 609 g/mol. The van der Waals surface area contributed by atoms with Crippen molar-refractivity contribution in [1.29, 1.82) is 0 Å². The number of benzene rings is 1. The predicted molar refractivity (Wildman–Crippen MR) is 164 cm³/mol. The average molecular weight is 610 g/mol. The van der Waals surface area contributed by atoms with Crippen LogP contribution in [0.4, 0.5) is 10.2 Å². The zero-order valence-corrected chi connectivity index (χ0v) is 25.3. The molecule has 6 N–H and O–H groups in total. The molecule has 3 heterocycles. The number of anilines is 1. The molecule has 1 aromatic carbocycles. The highest BCUT2D eigenvalue weighted by molar-refractivity contribution is 6.30. The Bertz CT molecular complexity index is 1590. The highest BCUT2D eigenvalue weighted by atomic mass is 35.5. The third kappa shape index (κ3) is 6.84. The SMILES string of the molecule is [B]C(C)(O)n1nc(Cl)c2c1-c1cnc(NCOC(=O)C(N)C(C)C)c(c1)O[C@H](C)c1cc(F)ccc1/C(N)=C(/C=NC)C2. The van der Waals surface area contributed by atoms with E-state index >= 15 is 0 Å². The number of nitrogens with zero attached hydrogens (tertiary/aromatic N) is 4. The Balaban J connectivity index is 1.91. The van der Waals surface area contributed by atoms with Gasteiger partial charge in [-0.1, -0.05) is 25.4 Å². The number of hydrogen-bond acceptors (Lipinski definition) is 10. The summed E-state index contributed by atoms with van der Waals surface area (Å²) < 4.78 is 27.4. The summed E-state index contributed by atoms with van der Waals surface area (Å²) in [6.45, 7) is 6.47. The zero-order valence-electron chi connectivity index (χ0n) is 24.6. The fourth-order valence-corrected chi connectivity index (χ4v) is 4.88. The van der Waals surface area contributed by atoms with E-state index < -0.39 is 29.6 Å². The van der Waals surface area contributed by atoms with Crippen LogP contribution < -0.4 is 21.5 Å². The van der Waals surface area contributed by atoms with Crippen LogP contribution in [0.15, 0.2) is 41.0 Å². The normalized spacial score (nSPS) is 19.0. The summed E-state index contributed by atoms with van der Waals surface area (Å²) >= 11 is 6.63. The minimum absolute atomic E-state index is 0.0679. The van der Waals surface area contributed by atoms with E-state index in [2.05, 4.69) is 20.4 Å². The van der Waals surface area contributed by atoms with Gasteiger partial charge >= 0.3 is 5.97 Å². The second-order valence-corrected chi connectivity index (χ2v) is 11.1. The maximum absolute atomic E-state index is 14.5. The predicted octanol–water partition coefficient (Wildman–Crippen LogP) is 3.49. The van der Waals surface area contributed by atoms with E-state index in [1.807, 2.05) is 13.8 Å². The number of esters is 1. The van der Waals surface area contributed by atoms with Crippen molar-refractivity contribution in [1.82, 2.24) is 14.8 Å². The molecule has 226 valence electrons. The molecule has 0 aliphatic carbocycles. The topological polar surface area (TPSA) is 163 Å². The van der Waals surface area contributed by atoms with Crippen molar-refractivity contribution in [3.63, 3.8) is 0 Å². The lowest BCUT2D eigenvalue weighted by Crippen LogP contribution is -2.37. The molecule has 11 nitrogen and oxygen atoms in total. The van der Waals surface area contributed by atoms with Gasteiger partial charge in [0.1, 0.15) is 31.4 Å². The minimum Gasteiger partial charge on any atom is -0.482 e. The van der Waals surface area contributed by atoms with Gasteiger partial charge < -0.3 is 31.4 Å². The van der Waals surface area contributed by atoms with Crippen LogP contribution in [-0.2, 0) is 21.6 Å². The largest absolute Gasteiger partial charge is 0.482 e. The van der Waals surface area contributed by atoms with E-state index in [-0.39, 0.29) is 35.8 Å². The molecule has 1 aliphatic heterocycles. The number of aromatic nitrogens is 3. The van der Waals surface area contributed by atoms with Crippen molar-refractivity contribution < 1.29 is 23.8 Å². The van der Waals surface area contributed by atoms with Gasteiger partial charge in [0.2, 0.25) is 0 Å². The number of nitrogens with one attached hydrogen (secondary N) is 1. The number of ether oxygens (including phenoxy) is 2. The number of aliphatic imine (C=N–C) groups is 1. The van der Waals surface area contributed by atoms with Crippen LogP contribution in [0.25, 0.3) is 17.0 Å². The Morgan fingerprint density at radius 1 is 1.44 bits per heavy atom. The number of hydrogen-bond donors (Lipinski definition) is 4. The van der Waals surface area contributed by atoms with E-state index in [1.54, 1.807) is 32.3 Å². The molecular formula is C29H34BClFN7O4. The Hall–Kier alpha value is -3.94. The van der Waals surface area contributed by atoms with E-state index in [1.165, 1.54) is 29.9 Å². The summed E-state index contributed by atoms with van der Waals surface area (Å²) in [5.74, 6) is -0.731. The van der Waals surface area contributed by atoms with Crippen LogP contribution in [0.3, 0.4) is 0 Å². The molecule has 2 bridgehead atoms. The van der Waals surface area contributed by atoms with Crippen LogP contribution in [0.1, 0.15) is 50.5 Å². The number of aliphatic hydroxyl groups is 1. The van der Waals surface area contributed by atoms with Gasteiger partial charge in [-0.3, -0.25) is 9.79 Å². The molecule has 14 heteroatoms. The van der Waals surface area contributed by atoms with Gasteiger partial charge in [0.25, 0.3) is 0 Å². The van der Waals surface area contributed by atoms with Crippen LogP contribution in [-0.4, -0.2) is 59.7 Å². The summed E-state index contributed by atoms with van der Waals surface area (Å²) in [6, 6.07) is 5.07. The second kappa shape index (κ2) is 12.7. The molecule has 0 spiro atoms. The second-order valence-electron chi connectivity index (χ2n) is 10.7. The molecule has 0 amide bonds. The first kappa shape index (κ1) is 32.0.